The van der Waals surface area contributed by atoms with Crippen LogP contribution in [0.15, 0.2) is 29.7 Å². The Bertz CT molecular complexity index is 686. The summed E-state index contributed by atoms with van der Waals surface area (Å²) in [7, 11) is 0. The molecule has 0 bridgehead atoms. The Morgan fingerprint density at radius 3 is 2.83 bits per heavy atom. The van der Waals surface area contributed by atoms with E-state index in [1.165, 1.54) is 6.08 Å². The number of hydrogen-bond acceptors (Lipinski definition) is 6. The summed E-state index contributed by atoms with van der Waals surface area (Å²) in [5, 5.41) is 0. The summed E-state index contributed by atoms with van der Waals surface area (Å²) < 4.78 is 13.6. The van der Waals surface area contributed by atoms with Gasteiger partial charge in [0.15, 0.2) is 5.82 Å². The SMILES string of the molecule is CCCc1cc(N2CCC(N)C2)nc(C2(N)C=CC(F)=C(N)C2)n1. The molecule has 1 aromatic rings. The molecule has 130 valence electrons. The van der Waals surface area contributed by atoms with Gasteiger partial charge in [0.1, 0.15) is 17.2 Å². The first-order chi connectivity index (χ1) is 11.4. The number of halogens is 1. The third kappa shape index (κ3) is 3.27. The summed E-state index contributed by atoms with van der Waals surface area (Å²) in [5.74, 6) is 0.880. The molecular weight excluding hydrogens is 307 g/mol. The molecule has 0 radical (unpaired) electrons. The van der Waals surface area contributed by atoms with E-state index in [0.29, 0.717) is 5.82 Å². The number of nitrogens with two attached hydrogens (primary N) is 3. The van der Waals surface area contributed by atoms with Crippen molar-refractivity contribution >= 4 is 5.82 Å². The summed E-state index contributed by atoms with van der Waals surface area (Å²) in [6, 6.07) is 2.16. The van der Waals surface area contributed by atoms with E-state index in [4.69, 9.17) is 17.2 Å². The van der Waals surface area contributed by atoms with Gasteiger partial charge in [-0.05, 0) is 18.9 Å². The highest BCUT2D eigenvalue weighted by Crippen LogP contribution is 2.31. The van der Waals surface area contributed by atoms with E-state index in [0.717, 1.165) is 43.9 Å². The van der Waals surface area contributed by atoms with Gasteiger partial charge in [-0.1, -0.05) is 19.4 Å². The van der Waals surface area contributed by atoms with Crippen LogP contribution in [0.25, 0.3) is 0 Å². The predicted molar refractivity (Wildman–Crippen MR) is 92.8 cm³/mol. The molecule has 2 atom stereocenters. The van der Waals surface area contributed by atoms with Gasteiger partial charge in [-0.15, -0.1) is 0 Å². The van der Waals surface area contributed by atoms with Gasteiger partial charge in [-0.25, -0.2) is 14.4 Å². The lowest BCUT2D eigenvalue weighted by atomic mass is 9.89. The molecule has 3 rings (SSSR count). The van der Waals surface area contributed by atoms with E-state index in [1.54, 1.807) is 6.08 Å². The quantitative estimate of drug-likeness (QED) is 0.765. The van der Waals surface area contributed by atoms with Gasteiger partial charge in [0.2, 0.25) is 0 Å². The minimum atomic E-state index is -0.986. The first-order valence-corrected chi connectivity index (χ1v) is 8.42. The van der Waals surface area contributed by atoms with E-state index in [-0.39, 0.29) is 18.2 Å². The van der Waals surface area contributed by atoms with Crippen molar-refractivity contribution in [2.75, 3.05) is 18.0 Å². The summed E-state index contributed by atoms with van der Waals surface area (Å²) in [6.07, 6.45) is 5.83. The van der Waals surface area contributed by atoms with Crippen LogP contribution in [-0.2, 0) is 12.0 Å². The monoisotopic (exact) mass is 332 g/mol. The number of rotatable bonds is 4. The fourth-order valence-corrected chi connectivity index (χ4v) is 3.17. The van der Waals surface area contributed by atoms with Crippen LogP contribution in [0.4, 0.5) is 10.2 Å². The fraction of sp³-hybridized carbons (Fsp3) is 0.529. The second-order valence-corrected chi connectivity index (χ2v) is 6.71. The summed E-state index contributed by atoms with van der Waals surface area (Å²) in [6.45, 7) is 3.74. The molecule has 7 heteroatoms. The second kappa shape index (κ2) is 6.49. The smallest absolute Gasteiger partial charge is 0.155 e. The Morgan fingerprint density at radius 1 is 1.42 bits per heavy atom. The van der Waals surface area contributed by atoms with Crippen LogP contribution in [-0.4, -0.2) is 29.1 Å². The summed E-state index contributed by atoms with van der Waals surface area (Å²) in [5.41, 5.74) is 18.3. The van der Waals surface area contributed by atoms with Crippen molar-refractivity contribution in [3.8, 4) is 0 Å². The van der Waals surface area contributed by atoms with Crippen LogP contribution in [0, 0.1) is 0 Å². The molecular formula is C17H25FN6. The molecule has 2 aliphatic rings. The molecule has 2 unspecified atom stereocenters. The molecule has 0 amide bonds. The molecule has 0 aromatic carbocycles. The summed E-state index contributed by atoms with van der Waals surface area (Å²) in [4.78, 5) is 11.4. The number of nitrogens with zero attached hydrogens (tertiary/aromatic N) is 3. The molecule has 1 aromatic heterocycles. The number of allylic oxidation sites excluding steroid dienone is 2. The summed E-state index contributed by atoms with van der Waals surface area (Å²) >= 11 is 0. The highest BCUT2D eigenvalue weighted by molar-refractivity contribution is 5.44. The molecule has 6 nitrogen and oxygen atoms in total. The van der Waals surface area contributed by atoms with E-state index in [1.807, 2.05) is 6.07 Å². The molecule has 0 saturated carbocycles. The zero-order valence-corrected chi connectivity index (χ0v) is 14.0. The maximum atomic E-state index is 13.6. The standard InChI is InChI=1S/C17H25FN6/c1-2-3-12-8-15(24-7-5-11(19)10-24)23-16(22-12)17(21)6-4-13(18)14(20)9-17/h4,6,8,11H,2-3,5,7,9-10,19-21H2,1H3. The van der Waals surface area contributed by atoms with Crippen molar-refractivity contribution in [3.05, 3.63) is 41.3 Å². The number of anilines is 1. The van der Waals surface area contributed by atoms with Crippen molar-refractivity contribution in [1.82, 2.24) is 9.97 Å². The van der Waals surface area contributed by atoms with Gasteiger partial charge in [0, 0.05) is 43.0 Å². The number of hydrogen-bond donors (Lipinski definition) is 3. The number of aryl methyl sites for hydroxylation is 1. The molecule has 1 fully saturated rings. The van der Waals surface area contributed by atoms with E-state index in [9.17, 15) is 4.39 Å². The van der Waals surface area contributed by atoms with Gasteiger partial charge in [0.05, 0.1) is 0 Å². The Hall–Kier alpha value is -1.99. The van der Waals surface area contributed by atoms with Gasteiger partial charge >= 0.3 is 0 Å². The first-order valence-electron chi connectivity index (χ1n) is 8.42. The van der Waals surface area contributed by atoms with Gasteiger partial charge in [0.25, 0.3) is 0 Å². The molecule has 6 N–H and O–H groups in total. The van der Waals surface area contributed by atoms with E-state index < -0.39 is 11.4 Å². The predicted octanol–water partition coefficient (Wildman–Crippen LogP) is 1.22. The van der Waals surface area contributed by atoms with Crippen molar-refractivity contribution in [3.63, 3.8) is 0 Å². The van der Waals surface area contributed by atoms with Crippen molar-refractivity contribution in [2.24, 2.45) is 17.2 Å². The zero-order valence-electron chi connectivity index (χ0n) is 14.0. The Kier molecular flexibility index (Phi) is 4.56. The molecule has 1 saturated heterocycles. The van der Waals surface area contributed by atoms with Crippen LogP contribution >= 0.6 is 0 Å². The van der Waals surface area contributed by atoms with Crippen molar-refractivity contribution < 1.29 is 4.39 Å². The normalized spacial score (nSPS) is 27.2. The van der Waals surface area contributed by atoms with Gasteiger partial charge in [-0.2, -0.15) is 0 Å². The van der Waals surface area contributed by atoms with Crippen LogP contribution < -0.4 is 22.1 Å². The Labute approximate surface area is 141 Å². The lowest BCUT2D eigenvalue weighted by molar-refractivity contribution is 0.484. The first kappa shape index (κ1) is 16.9. The van der Waals surface area contributed by atoms with Crippen LogP contribution in [0.3, 0.4) is 0 Å². The fourth-order valence-electron chi connectivity index (χ4n) is 3.17. The molecule has 1 aliphatic carbocycles. The third-order valence-corrected chi connectivity index (χ3v) is 4.55. The average molecular weight is 332 g/mol. The highest BCUT2D eigenvalue weighted by Gasteiger charge is 2.33. The highest BCUT2D eigenvalue weighted by atomic mass is 19.1. The van der Waals surface area contributed by atoms with Crippen LogP contribution in [0.2, 0.25) is 0 Å². The zero-order chi connectivity index (χ0) is 17.3. The van der Waals surface area contributed by atoms with E-state index >= 15 is 0 Å². The second-order valence-electron chi connectivity index (χ2n) is 6.71. The topological polar surface area (TPSA) is 107 Å². The molecule has 24 heavy (non-hydrogen) atoms. The lowest BCUT2D eigenvalue weighted by Gasteiger charge is -2.29. The average Bonchev–Trinajstić information content (AvgIpc) is 2.98. The third-order valence-electron chi connectivity index (χ3n) is 4.55. The maximum Gasteiger partial charge on any atom is 0.155 e. The van der Waals surface area contributed by atoms with Crippen molar-refractivity contribution in [1.29, 1.82) is 0 Å². The van der Waals surface area contributed by atoms with Gasteiger partial charge < -0.3 is 22.1 Å². The maximum absolute atomic E-state index is 13.6. The minimum absolute atomic E-state index is 0.134. The minimum Gasteiger partial charge on any atom is -0.400 e. The van der Waals surface area contributed by atoms with E-state index in [2.05, 4.69) is 21.8 Å². The van der Waals surface area contributed by atoms with Crippen molar-refractivity contribution in [2.45, 2.75) is 44.2 Å². The van der Waals surface area contributed by atoms with Crippen LogP contribution in [0.5, 0.6) is 0 Å². The largest absolute Gasteiger partial charge is 0.400 e. The molecule has 1 aliphatic heterocycles. The molecule has 2 heterocycles. The van der Waals surface area contributed by atoms with Crippen LogP contribution in [0.1, 0.15) is 37.7 Å². The lowest BCUT2D eigenvalue weighted by Crippen LogP contribution is -2.40. The molecule has 0 spiro atoms. The number of aromatic nitrogens is 2. The Morgan fingerprint density at radius 2 is 2.21 bits per heavy atom. The van der Waals surface area contributed by atoms with Gasteiger partial charge in [-0.3, -0.25) is 0 Å². The Balaban J connectivity index is 1.98.